The van der Waals surface area contributed by atoms with Crippen molar-refractivity contribution in [2.24, 2.45) is 0 Å². The minimum atomic E-state index is -0.467. The predicted octanol–water partition coefficient (Wildman–Crippen LogP) is 4.89. The number of rotatable bonds is 7. The first-order valence-electron chi connectivity index (χ1n) is 9.04. The van der Waals surface area contributed by atoms with E-state index in [-0.39, 0.29) is 12.6 Å². The molecule has 0 amide bonds. The second-order valence-corrected chi connectivity index (χ2v) is 7.29. The molecule has 2 rings (SSSR count). The maximum Gasteiger partial charge on any atom is 0.339 e. The average molecular weight is 421 g/mol. The van der Waals surface area contributed by atoms with Gasteiger partial charge in [-0.3, -0.25) is 0 Å². The van der Waals surface area contributed by atoms with Crippen LogP contribution < -0.4 is 15.4 Å². The second kappa shape index (κ2) is 10.3. The van der Waals surface area contributed by atoms with Crippen LogP contribution >= 0.6 is 23.8 Å². The Bertz CT molecular complexity index is 858. The second-order valence-electron chi connectivity index (χ2n) is 6.47. The summed E-state index contributed by atoms with van der Waals surface area (Å²) in [4.78, 5) is 11.9. The van der Waals surface area contributed by atoms with Gasteiger partial charge in [0.15, 0.2) is 5.11 Å². The molecule has 0 saturated heterocycles. The van der Waals surface area contributed by atoms with Crippen molar-refractivity contribution in [3.05, 3.63) is 58.1 Å². The minimum Gasteiger partial charge on any atom is -0.491 e. The molecule has 2 aromatic carbocycles. The molecule has 150 valence electrons. The normalized spacial score (nSPS) is 11.5. The Labute approximate surface area is 176 Å². The van der Waals surface area contributed by atoms with Gasteiger partial charge in [-0.05, 0) is 81.4 Å². The van der Waals surface area contributed by atoms with Gasteiger partial charge in [0, 0.05) is 5.69 Å². The number of ether oxygens (including phenoxy) is 2. The van der Waals surface area contributed by atoms with Crippen molar-refractivity contribution < 1.29 is 14.3 Å². The summed E-state index contributed by atoms with van der Waals surface area (Å²) in [6.45, 7) is 8.58. The number of halogens is 1. The number of benzene rings is 2. The summed E-state index contributed by atoms with van der Waals surface area (Å²) < 4.78 is 10.8. The molecule has 0 spiro atoms. The zero-order valence-corrected chi connectivity index (χ0v) is 18.0. The number of hydrogen-bond acceptors (Lipinski definition) is 4. The summed E-state index contributed by atoms with van der Waals surface area (Å²) in [5, 5.41) is 6.97. The molecule has 1 unspecified atom stereocenters. The molecule has 0 aliphatic rings. The first-order chi connectivity index (χ1) is 13.3. The number of esters is 1. The van der Waals surface area contributed by atoms with Crippen LogP contribution in [0.25, 0.3) is 0 Å². The van der Waals surface area contributed by atoms with Crippen molar-refractivity contribution in [3.63, 3.8) is 0 Å². The fourth-order valence-electron chi connectivity index (χ4n) is 2.43. The van der Waals surface area contributed by atoms with E-state index < -0.39 is 5.97 Å². The molecular weight excluding hydrogens is 396 g/mol. The highest BCUT2D eigenvalue weighted by Crippen LogP contribution is 2.21. The number of anilines is 1. The fraction of sp³-hybridized carbons (Fsp3) is 0.333. The summed E-state index contributed by atoms with van der Waals surface area (Å²) >= 11 is 11.4. The Kier molecular flexibility index (Phi) is 8.08. The highest BCUT2D eigenvalue weighted by molar-refractivity contribution is 7.80. The van der Waals surface area contributed by atoms with Crippen LogP contribution in [-0.4, -0.2) is 30.3 Å². The van der Waals surface area contributed by atoms with Gasteiger partial charge in [0.2, 0.25) is 0 Å². The third kappa shape index (κ3) is 6.39. The van der Waals surface area contributed by atoms with Gasteiger partial charge in [-0.1, -0.05) is 17.7 Å². The largest absolute Gasteiger partial charge is 0.491 e. The average Bonchev–Trinajstić information content (AvgIpc) is 2.64. The SMILES string of the molecule is CCOC(=O)c1cc(NC(=S)NC(C)COc2ccc(C)c(C)c2)ccc1Cl. The van der Waals surface area contributed by atoms with Gasteiger partial charge in [-0.25, -0.2) is 4.79 Å². The van der Waals surface area contributed by atoms with E-state index in [4.69, 9.17) is 33.3 Å². The lowest BCUT2D eigenvalue weighted by Crippen LogP contribution is -2.39. The zero-order valence-electron chi connectivity index (χ0n) is 16.5. The Balaban J connectivity index is 1.89. The van der Waals surface area contributed by atoms with E-state index >= 15 is 0 Å². The number of nitrogens with one attached hydrogen (secondary N) is 2. The molecule has 0 saturated carbocycles. The first kappa shape index (κ1) is 22.0. The third-order valence-electron chi connectivity index (χ3n) is 4.08. The zero-order chi connectivity index (χ0) is 20.7. The van der Waals surface area contributed by atoms with Crippen LogP contribution in [0.3, 0.4) is 0 Å². The molecule has 0 aliphatic heterocycles. The summed E-state index contributed by atoms with van der Waals surface area (Å²) in [7, 11) is 0. The lowest BCUT2D eigenvalue weighted by molar-refractivity contribution is 0.0526. The molecular formula is C21H25ClN2O3S. The molecule has 0 aromatic heterocycles. The van der Waals surface area contributed by atoms with E-state index in [2.05, 4.69) is 24.5 Å². The van der Waals surface area contributed by atoms with Crippen LogP contribution in [0.4, 0.5) is 5.69 Å². The van der Waals surface area contributed by atoms with Gasteiger partial charge < -0.3 is 20.1 Å². The Morgan fingerprint density at radius 3 is 2.61 bits per heavy atom. The predicted molar refractivity (Wildman–Crippen MR) is 118 cm³/mol. The topological polar surface area (TPSA) is 59.6 Å². The van der Waals surface area contributed by atoms with Crippen molar-refractivity contribution in [2.75, 3.05) is 18.5 Å². The van der Waals surface area contributed by atoms with E-state index in [1.165, 1.54) is 11.1 Å². The van der Waals surface area contributed by atoms with Gasteiger partial charge in [0.05, 0.1) is 23.2 Å². The van der Waals surface area contributed by atoms with Crippen LogP contribution in [0.5, 0.6) is 5.75 Å². The molecule has 0 bridgehead atoms. The standard InChI is InChI=1S/C21H25ClN2O3S/c1-5-26-20(25)18-11-16(7-9-19(18)22)24-21(28)23-15(4)12-27-17-8-6-13(2)14(3)10-17/h6-11,15H,5,12H2,1-4H3,(H2,23,24,28). The minimum absolute atomic E-state index is 0.0153. The van der Waals surface area contributed by atoms with Crippen LogP contribution in [0.2, 0.25) is 5.02 Å². The Morgan fingerprint density at radius 2 is 1.93 bits per heavy atom. The monoisotopic (exact) mass is 420 g/mol. The molecule has 0 aliphatic carbocycles. The number of hydrogen-bond donors (Lipinski definition) is 2. The van der Waals surface area contributed by atoms with Crippen LogP contribution in [0.15, 0.2) is 36.4 Å². The lowest BCUT2D eigenvalue weighted by atomic mass is 10.1. The molecule has 28 heavy (non-hydrogen) atoms. The lowest BCUT2D eigenvalue weighted by Gasteiger charge is -2.18. The fourth-order valence-corrected chi connectivity index (χ4v) is 2.94. The first-order valence-corrected chi connectivity index (χ1v) is 9.83. The van der Waals surface area contributed by atoms with Gasteiger partial charge >= 0.3 is 5.97 Å². The van der Waals surface area contributed by atoms with Crippen molar-refractivity contribution in [2.45, 2.75) is 33.7 Å². The van der Waals surface area contributed by atoms with Gasteiger partial charge in [-0.2, -0.15) is 0 Å². The van der Waals surface area contributed by atoms with Crippen molar-refractivity contribution in [1.82, 2.24) is 5.32 Å². The van der Waals surface area contributed by atoms with Crippen molar-refractivity contribution >= 4 is 40.6 Å². The van der Waals surface area contributed by atoms with Gasteiger partial charge in [0.1, 0.15) is 12.4 Å². The quantitative estimate of drug-likeness (QED) is 0.491. The van der Waals surface area contributed by atoms with E-state index in [9.17, 15) is 4.79 Å². The van der Waals surface area contributed by atoms with Crippen LogP contribution in [0, 0.1) is 13.8 Å². The van der Waals surface area contributed by atoms with Crippen LogP contribution in [-0.2, 0) is 4.74 Å². The summed E-state index contributed by atoms with van der Waals surface area (Å²) in [5.41, 5.74) is 3.36. The summed E-state index contributed by atoms with van der Waals surface area (Å²) in [6.07, 6.45) is 0. The van der Waals surface area contributed by atoms with Crippen molar-refractivity contribution in [1.29, 1.82) is 0 Å². The Hall–Kier alpha value is -2.31. The summed E-state index contributed by atoms with van der Waals surface area (Å²) in [6, 6.07) is 11.0. The smallest absolute Gasteiger partial charge is 0.339 e. The molecule has 5 nitrogen and oxygen atoms in total. The number of carbonyl (C=O) groups excluding carboxylic acids is 1. The molecule has 2 N–H and O–H groups in total. The molecule has 7 heteroatoms. The van der Waals surface area contributed by atoms with Gasteiger partial charge in [0.25, 0.3) is 0 Å². The highest BCUT2D eigenvalue weighted by Gasteiger charge is 2.13. The van der Waals surface area contributed by atoms with E-state index in [1.807, 2.05) is 25.1 Å². The maximum atomic E-state index is 11.9. The molecule has 0 fully saturated rings. The van der Waals surface area contributed by atoms with Crippen molar-refractivity contribution in [3.8, 4) is 5.75 Å². The molecule has 1 atom stereocenters. The Morgan fingerprint density at radius 1 is 1.18 bits per heavy atom. The highest BCUT2D eigenvalue weighted by atomic mass is 35.5. The van der Waals surface area contributed by atoms with E-state index in [1.54, 1.807) is 25.1 Å². The molecule has 2 aromatic rings. The van der Waals surface area contributed by atoms with Crippen LogP contribution in [0.1, 0.15) is 35.3 Å². The van der Waals surface area contributed by atoms with Gasteiger partial charge in [-0.15, -0.1) is 0 Å². The third-order valence-corrected chi connectivity index (χ3v) is 4.62. The van der Waals surface area contributed by atoms with E-state index in [0.717, 1.165) is 5.75 Å². The molecule has 0 heterocycles. The number of carbonyl (C=O) groups is 1. The number of aryl methyl sites for hydroxylation is 2. The summed E-state index contributed by atoms with van der Waals surface area (Å²) in [5.74, 6) is 0.359. The van der Waals surface area contributed by atoms with E-state index in [0.29, 0.717) is 28.0 Å². The molecule has 0 radical (unpaired) electrons. The number of thiocarbonyl (C=S) groups is 1. The maximum absolute atomic E-state index is 11.9.